The van der Waals surface area contributed by atoms with Gasteiger partial charge in [0.2, 0.25) is 5.91 Å². The second-order valence-corrected chi connectivity index (χ2v) is 7.91. The second-order valence-electron chi connectivity index (χ2n) is 7.91. The van der Waals surface area contributed by atoms with Gasteiger partial charge in [0.1, 0.15) is 17.3 Å². The van der Waals surface area contributed by atoms with Gasteiger partial charge in [-0.25, -0.2) is 5.43 Å². The van der Waals surface area contributed by atoms with Gasteiger partial charge in [-0.05, 0) is 48.4 Å². The smallest absolute Gasteiger partial charge is 0.284 e. The molecular formula is C21H23N3O5. The molecule has 3 atom stereocenters. The van der Waals surface area contributed by atoms with Gasteiger partial charge in [0.25, 0.3) is 5.69 Å². The van der Waals surface area contributed by atoms with Crippen LogP contribution in [0.1, 0.15) is 38.4 Å². The van der Waals surface area contributed by atoms with Crippen molar-refractivity contribution in [1.29, 1.82) is 0 Å². The molecule has 4 rings (SSSR count). The number of methoxy groups -OCH3 is 1. The average molecular weight is 397 g/mol. The molecule has 1 heterocycles. The highest BCUT2D eigenvalue weighted by Crippen LogP contribution is 2.66. The van der Waals surface area contributed by atoms with Crippen LogP contribution in [-0.2, 0) is 4.79 Å². The Hall–Kier alpha value is -3.16. The Morgan fingerprint density at radius 2 is 2.21 bits per heavy atom. The number of carbonyl (C=O) groups excluding carboxylic acids is 1. The summed E-state index contributed by atoms with van der Waals surface area (Å²) in [5, 5.41) is 15.4. The lowest BCUT2D eigenvalue weighted by Gasteiger charge is -2.15. The molecule has 8 nitrogen and oxygen atoms in total. The van der Waals surface area contributed by atoms with Crippen molar-refractivity contribution in [2.75, 3.05) is 7.11 Å². The molecule has 2 fully saturated rings. The summed E-state index contributed by atoms with van der Waals surface area (Å²) in [6, 6.07) is 7.84. The molecule has 0 bridgehead atoms. The first-order valence-electron chi connectivity index (χ1n) is 9.69. The van der Waals surface area contributed by atoms with E-state index in [0.717, 1.165) is 12.8 Å². The van der Waals surface area contributed by atoms with E-state index in [4.69, 9.17) is 9.15 Å². The van der Waals surface area contributed by atoms with E-state index < -0.39 is 4.92 Å². The molecule has 2 aliphatic carbocycles. The highest BCUT2D eigenvalue weighted by Gasteiger charge is 2.64. The Morgan fingerprint density at radius 1 is 1.38 bits per heavy atom. The number of hydrogen-bond acceptors (Lipinski definition) is 6. The first-order valence-corrected chi connectivity index (χ1v) is 9.69. The van der Waals surface area contributed by atoms with Gasteiger partial charge in [0.15, 0.2) is 0 Å². The lowest BCUT2D eigenvalue weighted by molar-refractivity contribution is -0.384. The fourth-order valence-electron chi connectivity index (χ4n) is 4.64. The summed E-state index contributed by atoms with van der Waals surface area (Å²) in [6.07, 6.45) is 6.00. The van der Waals surface area contributed by atoms with Crippen molar-refractivity contribution in [1.82, 2.24) is 5.43 Å². The van der Waals surface area contributed by atoms with Crippen LogP contribution in [0.25, 0.3) is 11.3 Å². The van der Waals surface area contributed by atoms with Gasteiger partial charge in [-0.3, -0.25) is 14.9 Å². The SMILES string of the molecule is COc1ccc(-c2ccc(/C=N/NC(=O)C3C4CCCCC43C)o2)c([N+](=O)[O-])c1. The molecule has 152 valence electrons. The number of amides is 1. The van der Waals surface area contributed by atoms with Crippen LogP contribution in [-0.4, -0.2) is 24.2 Å². The molecular weight excluding hydrogens is 374 g/mol. The minimum absolute atomic E-state index is 0.0382. The number of nitrogens with zero attached hydrogens (tertiary/aromatic N) is 2. The number of nitro groups is 1. The van der Waals surface area contributed by atoms with E-state index in [0.29, 0.717) is 28.8 Å². The van der Waals surface area contributed by atoms with E-state index in [2.05, 4.69) is 17.5 Å². The van der Waals surface area contributed by atoms with Crippen molar-refractivity contribution in [3.05, 3.63) is 46.2 Å². The zero-order valence-electron chi connectivity index (χ0n) is 16.4. The summed E-state index contributed by atoms with van der Waals surface area (Å²) in [7, 11) is 1.45. The summed E-state index contributed by atoms with van der Waals surface area (Å²) in [5.41, 5.74) is 2.97. The molecule has 0 aliphatic heterocycles. The van der Waals surface area contributed by atoms with Crippen LogP contribution >= 0.6 is 0 Å². The van der Waals surface area contributed by atoms with Gasteiger partial charge >= 0.3 is 0 Å². The Labute approximate surface area is 168 Å². The number of ether oxygens (including phenoxy) is 1. The van der Waals surface area contributed by atoms with Gasteiger partial charge in [-0.1, -0.05) is 19.8 Å². The molecule has 1 N–H and O–H groups in total. The molecule has 8 heteroatoms. The third-order valence-corrected chi connectivity index (χ3v) is 6.27. The summed E-state index contributed by atoms with van der Waals surface area (Å²) in [5.74, 6) is 1.59. The summed E-state index contributed by atoms with van der Waals surface area (Å²) >= 11 is 0. The monoisotopic (exact) mass is 397 g/mol. The predicted molar refractivity (Wildman–Crippen MR) is 107 cm³/mol. The summed E-state index contributed by atoms with van der Waals surface area (Å²) < 4.78 is 10.7. The van der Waals surface area contributed by atoms with Gasteiger partial charge in [0.05, 0.1) is 29.9 Å². The molecule has 2 aliphatic rings. The van der Waals surface area contributed by atoms with Crippen LogP contribution in [0, 0.1) is 27.4 Å². The number of hydrogen-bond donors (Lipinski definition) is 1. The standard InChI is InChI=1S/C21H23N3O5/c1-21-10-4-3-5-16(21)19(21)20(25)23-22-12-14-7-9-18(29-14)15-8-6-13(28-2)11-17(15)24(26)27/h6-9,11-12,16,19H,3-5,10H2,1-2H3,(H,23,25)/b22-12+. The van der Waals surface area contributed by atoms with Gasteiger partial charge in [0, 0.05) is 5.92 Å². The van der Waals surface area contributed by atoms with E-state index >= 15 is 0 Å². The molecule has 2 saturated carbocycles. The fraction of sp³-hybridized carbons (Fsp3) is 0.429. The number of benzene rings is 1. The van der Waals surface area contributed by atoms with Crippen LogP contribution in [0.4, 0.5) is 5.69 Å². The quantitative estimate of drug-likeness (QED) is 0.448. The van der Waals surface area contributed by atoms with Crippen molar-refractivity contribution in [2.45, 2.75) is 32.6 Å². The molecule has 0 saturated heterocycles. The number of nitro benzene ring substituents is 1. The maximum atomic E-state index is 12.4. The first kappa shape index (κ1) is 19.2. The Balaban J connectivity index is 1.44. The third kappa shape index (κ3) is 3.50. The lowest BCUT2D eigenvalue weighted by Crippen LogP contribution is -2.22. The first-order chi connectivity index (χ1) is 13.9. The molecule has 1 amide bonds. The summed E-state index contributed by atoms with van der Waals surface area (Å²) in [4.78, 5) is 23.3. The number of fused-ring (bicyclic) bond motifs is 1. The van der Waals surface area contributed by atoms with Crippen molar-refractivity contribution < 1.29 is 18.9 Å². The molecule has 3 unspecified atom stereocenters. The van der Waals surface area contributed by atoms with Crippen molar-refractivity contribution >= 4 is 17.8 Å². The van der Waals surface area contributed by atoms with E-state index in [1.54, 1.807) is 24.3 Å². The van der Waals surface area contributed by atoms with Crippen molar-refractivity contribution in [2.24, 2.45) is 22.4 Å². The molecule has 0 spiro atoms. The lowest BCUT2D eigenvalue weighted by atomic mass is 9.90. The number of furan rings is 1. The van der Waals surface area contributed by atoms with Gasteiger partial charge in [-0.2, -0.15) is 5.10 Å². The van der Waals surface area contributed by atoms with Crippen LogP contribution < -0.4 is 10.2 Å². The van der Waals surface area contributed by atoms with E-state index in [1.165, 1.54) is 32.2 Å². The predicted octanol–water partition coefficient (Wildman–Crippen LogP) is 4.14. The number of carbonyl (C=O) groups is 1. The van der Waals surface area contributed by atoms with E-state index in [9.17, 15) is 14.9 Å². The van der Waals surface area contributed by atoms with E-state index in [1.807, 2.05) is 0 Å². The van der Waals surface area contributed by atoms with Crippen molar-refractivity contribution in [3.8, 4) is 17.1 Å². The normalized spacial score (nSPS) is 25.4. The molecule has 2 aromatic rings. The maximum absolute atomic E-state index is 12.4. The molecule has 0 radical (unpaired) electrons. The Bertz CT molecular complexity index is 982. The highest BCUT2D eigenvalue weighted by atomic mass is 16.6. The number of hydrazone groups is 1. The molecule has 1 aromatic carbocycles. The Morgan fingerprint density at radius 3 is 2.90 bits per heavy atom. The third-order valence-electron chi connectivity index (χ3n) is 6.27. The molecule has 1 aromatic heterocycles. The Kier molecular flexibility index (Phi) is 4.86. The zero-order chi connectivity index (χ0) is 20.6. The minimum atomic E-state index is -0.482. The summed E-state index contributed by atoms with van der Waals surface area (Å²) in [6.45, 7) is 2.19. The highest BCUT2D eigenvalue weighted by molar-refractivity contribution is 5.85. The largest absolute Gasteiger partial charge is 0.497 e. The van der Waals surface area contributed by atoms with Crippen LogP contribution in [0.3, 0.4) is 0 Å². The average Bonchev–Trinajstić information content (AvgIpc) is 3.08. The van der Waals surface area contributed by atoms with Gasteiger partial charge < -0.3 is 9.15 Å². The fourth-order valence-corrected chi connectivity index (χ4v) is 4.64. The van der Waals surface area contributed by atoms with Crippen LogP contribution in [0.5, 0.6) is 5.75 Å². The zero-order valence-corrected chi connectivity index (χ0v) is 16.4. The van der Waals surface area contributed by atoms with Crippen molar-refractivity contribution in [3.63, 3.8) is 0 Å². The minimum Gasteiger partial charge on any atom is -0.497 e. The number of nitrogens with one attached hydrogen (secondary N) is 1. The maximum Gasteiger partial charge on any atom is 0.284 e. The van der Waals surface area contributed by atoms with E-state index in [-0.39, 0.29) is 22.9 Å². The van der Waals surface area contributed by atoms with Crippen LogP contribution in [0.2, 0.25) is 0 Å². The number of rotatable bonds is 6. The second kappa shape index (κ2) is 7.35. The topological polar surface area (TPSA) is 107 Å². The van der Waals surface area contributed by atoms with Gasteiger partial charge in [-0.15, -0.1) is 0 Å². The van der Waals surface area contributed by atoms with Crippen LogP contribution in [0.15, 0.2) is 39.9 Å². The molecule has 29 heavy (non-hydrogen) atoms.